The van der Waals surface area contributed by atoms with E-state index in [4.69, 9.17) is 6.42 Å². The van der Waals surface area contributed by atoms with Gasteiger partial charge in [0.25, 0.3) is 0 Å². The number of hydrogen-bond donors (Lipinski definition) is 2. The van der Waals surface area contributed by atoms with Crippen LogP contribution in [-0.4, -0.2) is 12.5 Å². The van der Waals surface area contributed by atoms with Gasteiger partial charge in [0.05, 0.1) is 0 Å². The molecule has 0 atom stereocenters. The van der Waals surface area contributed by atoms with Crippen LogP contribution >= 0.6 is 0 Å². The lowest BCUT2D eigenvalue weighted by atomic mass is 10.0. The van der Waals surface area contributed by atoms with E-state index in [0.29, 0.717) is 6.42 Å². The van der Waals surface area contributed by atoms with Crippen LogP contribution in [0.25, 0.3) is 0 Å². The molecule has 1 aliphatic rings. The molecule has 0 saturated carbocycles. The molecule has 1 aromatic rings. The Morgan fingerprint density at radius 2 is 2.32 bits per heavy atom. The largest absolute Gasteiger partial charge is 0.385 e. The standard InChI is InChI=1S/C16H20N2O/c1-2-3-4-5-8-16(19)18-14-10-9-13-7-6-11-17-15(13)12-14/h1,9-10,12,17H,3-8,11H2,(H,18,19). The topological polar surface area (TPSA) is 41.1 Å². The van der Waals surface area contributed by atoms with Gasteiger partial charge in [-0.15, -0.1) is 12.3 Å². The van der Waals surface area contributed by atoms with Crippen LogP contribution in [0.1, 0.15) is 37.7 Å². The van der Waals surface area contributed by atoms with Crippen molar-refractivity contribution in [3.8, 4) is 12.3 Å². The molecule has 0 fully saturated rings. The summed E-state index contributed by atoms with van der Waals surface area (Å²) in [5, 5.41) is 6.30. The third-order valence-corrected chi connectivity index (χ3v) is 3.31. The molecule has 0 aliphatic carbocycles. The number of carbonyl (C=O) groups excluding carboxylic acids is 1. The predicted molar refractivity (Wildman–Crippen MR) is 79.2 cm³/mol. The van der Waals surface area contributed by atoms with Crippen LogP contribution in [0.3, 0.4) is 0 Å². The average molecular weight is 256 g/mol. The lowest BCUT2D eigenvalue weighted by Crippen LogP contribution is -2.14. The molecule has 19 heavy (non-hydrogen) atoms. The van der Waals surface area contributed by atoms with Crippen molar-refractivity contribution in [2.45, 2.75) is 38.5 Å². The van der Waals surface area contributed by atoms with Gasteiger partial charge in [0.2, 0.25) is 5.91 Å². The molecule has 2 N–H and O–H groups in total. The summed E-state index contributed by atoms with van der Waals surface area (Å²) in [6.07, 6.45) is 10.5. The monoisotopic (exact) mass is 256 g/mol. The van der Waals surface area contributed by atoms with Gasteiger partial charge in [0.1, 0.15) is 0 Å². The molecule has 0 unspecified atom stereocenters. The molecule has 0 radical (unpaired) electrons. The van der Waals surface area contributed by atoms with E-state index >= 15 is 0 Å². The first-order valence-corrected chi connectivity index (χ1v) is 6.90. The summed E-state index contributed by atoms with van der Waals surface area (Å²) in [5.74, 6) is 2.65. The van der Waals surface area contributed by atoms with Crippen molar-refractivity contribution in [3.05, 3.63) is 23.8 Å². The van der Waals surface area contributed by atoms with Gasteiger partial charge in [-0.05, 0) is 43.4 Å². The van der Waals surface area contributed by atoms with E-state index in [0.717, 1.165) is 43.6 Å². The highest BCUT2D eigenvalue weighted by molar-refractivity contribution is 5.91. The van der Waals surface area contributed by atoms with E-state index in [-0.39, 0.29) is 5.91 Å². The number of amides is 1. The van der Waals surface area contributed by atoms with Gasteiger partial charge in [-0.25, -0.2) is 0 Å². The van der Waals surface area contributed by atoms with E-state index in [1.165, 1.54) is 12.0 Å². The fourth-order valence-corrected chi connectivity index (χ4v) is 2.27. The molecule has 1 heterocycles. The molecule has 3 heteroatoms. The van der Waals surface area contributed by atoms with E-state index in [1.54, 1.807) is 0 Å². The van der Waals surface area contributed by atoms with E-state index in [2.05, 4.69) is 22.6 Å². The maximum absolute atomic E-state index is 11.8. The number of nitrogens with one attached hydrogen (secondary N) is 2. The lowest BCUT2D eigenvalue weighted by molar-refractivity contribution is -0.116. The average Bonchev–Trinajstić information content (AvgIpc) is 2.43. The second-order valence-corrected chi connectivity index (χ2v) is 4.86. The molecule has 0 aromatic heterocycles. The van der Waals surface area contributed by atoms with Crippen molar-refractivity contribution in [2.24, 2.45) is 0 Å². The molecule has 100 valence electrons. The fourth-order valence-electron chi connectivity index (χ4n) is 2.27. The number of fused-ring (bicyclic) bond motifs is 1. The summed E-state index contributed by atoms with van der Waals surface area (Å²) in [6, 6.07) is 6.09. The zero-order valence-electron chi connectivity index (χ0n) is 11.2. The summed E-state index contributed by atoms with van der Waals surface area (Å²) >= 11 is 0. The third-order valence-electron chi connectivity index (χ3n) is 3.31. The molecule has 1 aliphatic heterocycles. The second-order valence-electron chi connectivity index (χ2n) is 4.86. The summed E-state index contributed by atoms with van der Waals surface area (Å²) in [5.41, 5.74) is 3.35. The number of terminal acetylenes is 1. The van der Waals surface area contributed by atoms with Crippen molar-refractivity contribution in [1.29, 1.82) is 0 Å². The molecule has 1 aromatic carbocycles. The Balaban J connectivity index is 1.85. The van der Waals surface area contributed by atoms with Crippen molar-refractivity contribution in [1.82, 2.24) is 0 Å². The van der Waals surface area contributed by atoms with Gasteiger partial charge in [0, 0.05) is 30.8 Å². The van der Waals surface area contributed by atoms with Crippen LogP contribution in [-0.2, 0) is 11.2 Å². The van der Waals surface area contributed by atoms with Crippen molar-refractivity contribution in [3.63, 3.8) is 0 Å². The minimum atomic E-state index is 0.0628. The molecule has 0 spiro atoms. The zero-order chi connectivity index (χ0) is 13.5. The summed E-state index contributed by atoms with van der Waals surface area (Å²) in [6.45, 7) is 1.01. The molecule has 3 nitrogen and oxygen atoms in total. The number of benzene rings is 1. The van der Waals surface area contributed by atoms with Crippen LogP contribution < -0.4 is 10.6 Å². The maximum atomic E-state index is 11.8. The number of aryl methyl sites for hydroxylation is 1. The first-order valence-electron chi connectivity index (χ1n) is 6.90. The Morgan fingerprint density at radius 3 is 3.16 bits per heavy atom. The van der Waals surface area contributed by atoms with Crippen molar-refractivity contribution in [2.75, 3.05) is 17.2 Å². The quantitative estimate of drug-likeness (QED) is 0.627. The number of hydrogen-bond acceptors (Lipinski definition) is 2. The Hall–Kier alpha value is -1.95. The highest BCUT2D eigenvalue weighted by Crippen LogP contribution is 2.25. The van der Waals surface area contributed by atoms with Crippen LogP contribution in [0.4, 0.5) is 11.4 Å². The van der Waals surface area contributed by atoms with Crippen molar-refractivity contribution >= 4 is 17.3 Å². The molecule has 1 amide bonds. The first-order chi connectivity index (χ1) is 9.29. The highest BCUT2D eigenvalue weighted by Gasteiger charge is 2.09. The van der Waals surface area contributed by atoms with E-state index in [9.17, 15) is 4.79 Å². The number of rotatable bonds is 5. The summed E-state index contributed by atoms with van der Waals surface area (Å²) in [4.78, 5) is 11.8. The summed E-state index contributed by atoms with van der Waals surface area (Å²) < 4.78 is 0. The van der Waals surface area contributed by atoms with Crippen molar-refractivity contribution < 1.29 is 4.79 Å². The Kier molecular flexibility index (Phi) is 4.85. The van der Waals surface area contributed by atoms with Crippen LogP contribution in [0.2, 0.25) is 0 Å². The number of anilines is 2. The SMILES string of the molecule is C#CCCCCC(=O)Nc1ccc2c(c1)NCCC2. The fraction of sp³-hybridized carbons (Fsp3) is 0.438. The smallest absolute Gasteiger partial charge is 0.224 e. The Bertz CT molecular complexity index is 488. The van der Waals surface area contributed by atoms with Gasteiger partial charge >= 0.3 is 0 Å². The lowest BCUT2D eigenvalue weighted by Gasteiger charge is -2.18. The first kappa shape index (κ1) is 13.5. The third kappa shape index (κ3) is 4.03. The minimum Gasteiger partial charge on any atom is -0.385 e. The van der Waals surface area contributed by atoms with Gasteiger partial charge < -0.3 is 10.6 Å². The van der Waals surface area contributed by atoms with Gasteiger partial charge in [-0.2, -0.15) is 0 Å². The van der Waals surface area contributed by atoms with Crippen LogP contribution in [0, 0.1) is 12.3 Å². The number of unbranched alkanes of at least 4 members (excludes halogenated alkanes) is 2. The molecule has 0 saturated heterocycles. The van der Waals surface area contributed by atoms with E-state index < -0.39 is 0 Å². The van der Waals surface area contributed by atoms with Gasteiger partial charge in [0.15, 0.2) is 0 Å². The highest BCUT2D eigenvalue weighted by atomic mass is 16.1. The van der Waals surface area contributed by atoms with Crippen LogP contribution in [0.15, 0.2) is 18.2 Å². The number of carbonyl (C=O) groups is 1. The zero-order valence-corrected chi connectivity index (χ0v) is 11.2. The Labute approximate surface area is 114 Å². The minimum absolute atomic E-state index is 0.0628. The Morgan fingerprint density at radius 1 is 1.42 bits per heavy atom. The molecular formula is C16H20N2O. The van der Waals surface area contributed by atoms with Crippen LogP contribution in [0.5, 0.6) is 0 Å². The maximum Gasteiger partial charge on any atom is 0.224 e. The molecule has 0 bridgehead atoms. The predicted octanol–water partition coefficient (Wildman–Crippen LogP) is 3.18. The molecular weight excluding hydrogens is 236 g/mol. The van der Waals surface area contributed by atoms with Gasteiger partial charge in [-0.1, -0.05) is 6.07 Å². The molecule has 2 rings (SSSR count). The van der Waals surface area contributed by atoms with Gasteiger partial charge in [-0.3, -0.25) is 4.79 Å². The van der Waals surface area contributed by atoms with E-state index in [1.807, 2.05) is 12.1 Å². The normalized spacial score (nSPS) is 13.0. The summed E-state index contributed by atoms with van der Waals surface area (Å²) in [7, 11) is 0. The second kappa shape index (κ2) is 6.84.